The van der Waals surface area contributed by atoms with Crippen molar-refractivity contribution in [3.8, 4) is 11.8 Å². The summed E-state index contributed by atoms with van der Waals surface area (Å²) in [6, 6.07) is 0. The third-order valence-corrected chi connectivity index (χ3v) is 3.91. The molecule has 0 aromatic rings. The molecule has 0 aliphatic heterocycles. The summed E-state index contributed by atoms with van der Waals surface area (Å²) in [5.41, 5.74) is 0. The van der Waals surface area contributed by atoms with Crippen molar-refractivity contribution in [1.29, 1.82) is 0 Å². The lowest BCUT2D eigenvalue weighted by Gasteiger charge is -2.01. The second kappa shape index (κ2) is 17.6. The summed E-state index contributed by atoms with van der Waals surface area (Å²) in [5, 5.41) is 1.08. The molecule has 0 spiro atoms. The van der Waals surface area contributed by atoms with E-state index >= 15 is 0 Å². The van der Waals surface area contributed by atoms with E-state index < -0.39 is 0 Å². The zero-order valence-corrected chi connectivity index (χ0v) is 15.2. The Morgan fingerprint density at radius 3 is 2.33 bits per heavy atom. The minimum Gasteiger partial charge on any atom is -0.452 e. The van der Waals surface area contributed by atoms with E-state index in [4.69, 9.17) is 4.74 Å². The van der Waals surface area contributed by atoms with Gasteiger partial charge in [0.15, 0.2) is 6.61 Å². The number of ether oxygens (including phenoxy) is 1. The average Bonchev–Trinajstić information content (AvgIpc) is 2.49. The maximum absolute atomic E-state index is 11.4. The van der Waals surface area contributed by atoms with Crippen molar-refractivity contribution >= 4 is 21.9 Å². The highest BCUT2D eigenvalue weighted by molar-refractivity contribution is 9.09. The van der Waals surface area contributed by atoms with Crippen LogP contribution in [-0.2, 0) is 9.53 Å². The second-order valence-electron chi connectivity index (χ2n) is 5.39. The van der Waals surface area contributed by atoms with E-state index in [9.17, 15) is 4.79 Å². The summed E-state index contributed by atoms with van der Waals surface area (Å²) in [5.74, 6) is 5.90. The van der Waals surface area contributed by atoms with Gasteiger partial charge >= 0.3 is 5.97 Å². The van der Waals surface area contributed by atoms with Gasteiger partial charge in [0.2, 0.25) is 0 Å². The summed E-state index contributed by atoms with van der Waals surface area (Å²) < 4.78 is 5.09. The molecule has 0 N–H and O–H groups in total. The maximum atomic E-state index is 11.4. The largest absolute Gasteiger partial charge is 0.452 e. The van der Waals surface area contributed by atoms with Gasteiger partial charge in [0.1, 0.15) is 0 Å². The van der Waals surface area contributed by atoms with Gasteiger partial charge in [-0.1, -0.05) is 79.6 Å². The standard InChI is InChI=1S/C18H31BrO2/c1-2-3-4-5-6-7-11-14-17-21-18(20)15-12-9-8-10-13-16-19/h2-10,12-13,15-17H2,1H3. The van der Waals surface area contributed by atoms with Crippen LogP contribution in [0.25, 0.3) is 0 Å². The molecule has 21 heavy (non-hydrogen) atoms. The van der Waals surface area contributed by atoms with Gasteiger partial charge < -0.3 is 4.74 Å². The van der Waals surface area contributed by atoms with Crippen LogP contribution in [-0.4, -0.2) is 17.9 Å². The first-order chi connectivity index (χ1) is 10.3. The maximum Gasteiger partial charge on any atom is 0.306 e. The molecule has 0 atom stereocenters. The lowest BCUT2D eigenvalue weighted by Crippen LogP contribution is -2.04. The van der Waals surface area contributed by atoms with Crippen molar-refractivity contribution in [2.75, 3.05) is 11.9 Å². The lowest BCUT2D eigenvalue weighted by molar-refractivity contribution is -0.142. The Morgan fingerprint density at radius 2 is 1.57 bits per heavy atom. The molecule has 0 bridgehead atoms. The third kappa shape index (κ3) is 17.5. The molecule has 0 amide bonds. The van der Waals surface area contributed by atoms with E-state index in [1.54, 1.807) is 0 Å². The molecule has 0 fully saturated rings. The minimum atomic E-state index is -0.104. The molecule has 0 radical (unpaired) electrons. The number of unbranched alkanes of at least 4 members (excludes halogenated alkanes) is 9. The normalized spacial score (nSPS) is 10.0. The predicted octanol–water partition coefficient (Wildman–Crippen LogP) is 5.63. The minimum absolute atomic E-state index is 0.104. The molecule has 0 aromatic heterocycles. The Morgan fingerprint density at radius 1 is 0.905 bits per heavy atom. The quantitative estimate of drug-likeness (QED) is 0.184. The third-order valence-electron chi connectivity index (χ3n) is 3.35. The second-order valence-corrected chi connectivity index (χ2v) is 6.18. The SMILES string of the molecule is CCCCCCCC#CCOC(=O)CCCCCCCBr. The van der Waals surface area contributed by atoms with Crippen molar-refractivity contribution in [1.82, 2.24) is 0 Å². The highest BCUT2D eigenvalue weighted by atomic mass is 79.9. The Hall–Kier alpha value is -0.490. The molecule has 0 unspecified atom stereocenters. The van der Waals surface area contributed by atoms with Crippen LogP contribution < -0.4 is 0 Å². The fourth-order valence-electron chi connectivity index (χ4n) is 2.04. The van der Waals surface area contributed by atoms with Crippen LogP contribution in [0.5, 0.6) is 0 Å². The van der Waals surface area contributed by atoms with E-state index in [0.717, 1.165) is 31.0 Å². The number of rotatable bonds is 13. The fourth-order valence-corrected chi connectivity index (χ4v) is 2.44. The van der Waals surface area contributed by atoms with Crippen molar-refractivity contribution in [2.45, 2.75) is 84.0 Å². The van der Waals surface area contributed by atoms with Crippen molar-refractivity contribution in [2.24, 2.45) is 0 Å². The summed E-state index contributed by atoms with van der Waals surface area (Å²) >= 11 is 3.42. The molecule has 0 rings (SSSR count). The van der Waals surface area contributed by atoms with E-state index in [1.807, 2.05) is 0 Å². The van der Waals surface area contributed by atoms with E-state index in [1.165, 1.54) is 44.9 Å². The van der Waals surface area contributed by atoms with Gasteiger partial charge in [-0.3, -0.25) is 4.79 Å². The molecule has 2 nitrogen and oxygen atoms in total. The summed E-state index contributed by atoms with van der Waals surface area (Å²) in [6.45, 7) is 2.48. The summed E-state index contributed by atoms with van der Waals surface area (Å²) in [7, 11) is 0. The highest BCUT2D eigenvalue weighted by Crippen LogP contribution is 2.07. The van der Waals surface area contributed by atoms with E-state index in [2.05, 4.69) is 34.7 Å². The molecule has 122 valence electrons. The van der Waals surface area contributed by atoms with Gasteiger partial charge in [0.25, 0.3) is 0 Å². The molecule has 3 heteroatoms. The van der Waals surface area contributed by atoms with Crippen LogP contribution in [0.3, 0.4) is 0 Å². The van der Waals surface area contributed by atoms with Crippen LogP contribution in [0.2, 0.25) is 0 Å². The first kappa shape index (κ1) is 20.5. The molecule has 0 saturated carbocycles. The van der Waals surface area contributed by atoms with Crippen LogP contribution in [0, 0.1) is 11.8 Å². The van der Waals surface area contributed by atoms with Crippen molar-refractivity contribution in [3.05, 3.63) is 0 Å². The Bertz CT molecular complexity index is 291. The molecule has 0 aliphatic rings. The van der Waals surface area contributed by atoms with Crippen LogP contribution in [0.1, 0.15) is 84.0 Å². The van der Waals surface area contributed by atoms with Crippen LogP contribution in [0.4, 0.5) is 0 Å². The molecule has 0 heterocycles. The first-order valence-electron chi connectivity index (χ1n) is 8.48. The van der Waals surface area contributed by atoms with Crippen LogP contribution in [0.15, 0.2) is 0 Å². The number of alkyl halides is 1. The Labute approximate surface area is 139 Å². The van der Waals surface area contributed by atoms with Gasteiger partial charge in [-0.2, -0.15) is 0 Å². The number of esters is 1. The molecule has 0 saturated heterocycles. The van der Waals surface area contributed by atoms with Gasteiger partial charge in [0, 0.05) is 18.2 Å². The summed E-state index contributed by atoms with van der Waals surface area (Å²) in [6.07, 6.45) is 13.5. The summed E-state index contributed by atoms with van der Waals surface area (Å²) in [4.78, 5) is 11.4. The fraction of sp³-hybridized carbons (Fsp3) is 0.833. The van der Waals surface area contributed by atoms with Gasteiger partial charge in [-0.05, 0) is 19.3 Å². The zero-order chi connectivity index (χ0) is 15.6. The monoisotopic (exact) mass is 358 g/mol. The number of halogens is 1. The first-order valence-corrected chi connectivity index (χ1v) is 9.60. The van der Waals surface area contributed by atoms with Crippen molar-refractivity contribution in [3.63, 3.8) is 0 Å². The predicted molar refractivity (Wildman–Crippen MR) is 93.6 cm³/mol. The zero-order valence-electron chi connectivity index (χ0n) is 13.6. The molecule has 0 aromatic carbocycles. The Balaban J connectivity index is 3.29. The van der Waals surface area contributed by atoms with E-state index in [0.29, 0.717) is 6.42 Å². The average molecular weight is 359 g/mol. The van der Waals surface area contributed by atoms with Gasteiger partial charge in [-0.15, -0.1) is 0 Å². The van der Waals surface area contributed by atoms with Gasteiger partial charge in [0.05, 0.1) is 0 Å². The number of hydrogen-bond donors (Lipinski definition) is 0. The lowest BCUT2D eigenvalue weighted by atomic mass is 10.1. The smallest absolute Gasteiger partial charge is 0.306 e. The van der Waals surface area contributed by atoms with Crippen molar-refractivity contribution < 1.29 is 9.53 Å². The molecular formula is C18H31BrO2. The van der Waals surface area contributed by atoms with E-state index in [-0.39, 0.29) is 12.6 Å². The molecular weight excluding hydrogens is 328 g/mol. The molecule has 0 aliphatic carbocycles. The Kier molecular flexibility index (Phi) is 17.2. The topological polar surface area (TPSA) is 26.3 Å². The number of carbonyl (C=O) groups is 1. The van der Waals surface area contributed by atoms with Gasteiger partial charge in [-0.25, -0.2) is 0 Å². The van der Waals surface area contributed by atoms with Crippen LogP contribution >= 0.6 is 15.9 Å². The highest BCUT2D eigenvalue weighted by Gasteiger charge is 2.00. The number of carbonyl (C=O) groups excluding carboxylic acids is 1. The number of hydrogen-bond acceptors (Lipinski definition) is 2.